The smallest absolute Gasteiger partial charge is 0.308 e. The maximum atomic E-state index is 11.7. The number of rotatable bonds is 6. The molecule has 1 aliphatic rings. The molecule has 5 nitrogen and oxygen atoms in total. The highest BCUT2D eigenvalue weighted by molar-refractivity contribution is 5.72. The van der Waals surface area contributed by atoms with Crippen LogP contribution in [0.2, 0.25) is 0 Å². The van der Waals surface area contributed by atoms with Crippen molar-refractivity contribution in [2.75, 3.05) is 19.8 Å². The molecule has 0 spiro atoms. The molecule has 0 aromatic heterocycles. The molecule has 1 saturated carbocycles. The van der Waals surface area contributed by atoms with Gasteiger partial charge in [-0.1, -0.05) is 6.42 Å². The normalized spacial score (nSPS) is 27.6. The fourth-order valence-corrected chi connectivity index (χ4v) is 2.27. The van der Waals surface area contributed by atoms with Gasteiger partial charge in [0.05, 0.1) is 24.7 Å². The lowest BCUT2D eigenvalue weighted by atomic mass is 9.85. The van der Waals surface area contributed by atoms with Crippen LogP contribution in [-0.2, 0) is 9.53 Å². The second-order valence-electron chi connectivity index (χ2n) is 5.35. The van der Waals surface area contributed by atoms with Crippen LogP contribution < -0.4 is 5.32 Å². The molecule has 1 rings (SSSR count). The summed E-state index contributed by atoms with van der Waals surface area (Å²) in [5.74, 6) is -0.145. The molecule has 0 saturated heterocycles. The van der Waals surface area contributed by atoms with E-state index in [1.165, 1.54) is 0 Å². The fraction of sp³-hybridized carbons (Fsp3) is 0.923. The number of ether oxygens (including phenoxy) is 1. The summed E-state index contributed by atoms with van der Waals surface area (Å²) >= 11 is 0. The van der Waals surface area contributed by atoms with E-state index in [0.717, 1.165) is 25.7 Å². The van der Waals surface area contributed by atoms with Gasteiger partial charge in [0.2, 0.25) is 0 Å². The average Bonchev–Trinajstić information content (AvgIpc) is 2.37. The van der Waals surface area contributed by atoms with Crippen LogP contribution in [0.25, 0.3) is 0 Å². The van der Waals surface area contributed by atoms with E-state index in [-0.39, 0.29) is 24.5 Å². The largest absolute Gasteiger partial charge is 0.466 e. The highest BCUT2D eigenvalue weighted by Crippen LogP contribution is 2.25. The second-order valence-corrected chi connectivity index (χ2v) is 5.35. The van der Waals surface area contributed by atoms with Gasteiger partial charge in [-0.25, -0.2) is 0 Å². The number of hydrogen-bond acceptors (Lipinski definition) is 5. The lowest BCUT2D eigenvalue weighted by molar-refractivity contribution is -0.149. The van der Waals surface area contributed by atoms with Crippen molar-refractivity contribution in [3.63, 3.8) is 0 Å². The van der Waals surface area contributed by atoms with E-state index < -0.39 is 5.60 Å². The Kier molecular flexibility index (Phi) is 6.05. The van der Waals surface area contributed by atoms with E-state index in [2.05, 4.69) is 5.32 Å². The van der Waals surface area contributed by atoms with Crippen LogP contribution in [-0.4, -0.2) is 47.6 Å². The van der Waals surface area contributed by atoms with Crippen LogP contribution >= 0.6 is 0 Å². The molecule has 0 aromatic rings. The number of aliphatic hydroxyl groups is 2. The van der Waals surface area contributed by atoms with Crippen molar-refractivity contribution in [3.05, 3.63) is 0 Å². The predicted molar refractivity (Wildman–Crippen MR) is 68.1 cm³/mol. The maximum absolute atomic E-state index is 11.7. The lowest BCUT2D eigenvalue weighted by Gasteiger charge is -2.31. The summed E-state index contributed by atoms with van der Waals surface area (Å²) in [5.41, 5.74) is -1.10. The van der Waals surface area contributed by atoms with Gasteiger partial charge in [0, 0.05) is 12.6 Å². The van der Waals surface area contributed by atoms with Crippen molar-refractivity contribution in [2.45, 2.75) is 51.2 Å². The number of aliphatic hydroxyl groups excluding tert-OH is 1. The first kappa shape index (κ1) is 15.4. The zero-order valence-corrected chi connectivity index (χ0v) is 11.3. The number of esters is 1. The number of carbonyl (C=O) groups excluding carboxylic acids is 1. The molecule has 3 N–H and O–H groups in total. The second kappa shape index (κ2) is 7.07. The van der Waals surface area contributed by atoms with E-state index in [0.29, 0.717) is 13.2 Å². The summed E-state index contributed by atoms with van der Waals surface area (Å²) in [6, 6.07) is 0.214. The van der Waals surface area contributed by atoms with Crippen molar-refractivity contribution < 1.29 is 19.7 Å². The zero-order valence-electron chi connectivity index (χ0n) is 11.3. The third-order valence-corrected chi connectivity index (χ3v) is 3.41. The summed E-state index contributed by atoms with van der Waals surface area (Å²) in [7, 11) is 0. The molecule has 5 heteroatoms. The van der Waals surface area contributed by atoms with E-state index in [4.69, 9.17) is 9.84 Å². The fourth-order valence-electron chi connectivity index (χ4n) is 2.27. The highest BCUT2D eigenvalue weighted by Gasteiger charge is 2.29. The Morgan fingerprint density at radius 2 is 2.22 bits per heavy atom. The first-order valence-electron chi connectivity index (χ1n) is 6.71. The summed E-state index contributed by atoms with van der Waals surface area (Å²) in [4.78, 5) is 11.7. The van der Waals surface area contributed by atoms with Gasteiger partial charge in [0.25, 0.3) is 0 Å². The molecule has 106 valence electrons. The van der Waals surface area contributed by atoms with Gasteiger partial charge < -0.3 is 20.3 Å². The average molecular weight is 259 g/mol. The topological polar surface area (TPSA) is 78.8 Å². The molecular weight excluding hydrogens is 234 g/mol. The molecular formula is C13H25NO4. The van der Waals surface area contributed by atoms with E-state index in [1.54, 1.807) is 6.92 Å². The van der Waals surface area contributed by atoms with Gasteiger partial charge in [0.15, 0.2) is 0 Å². The van der Waals surface area contributed by atoms with Crippen LogP contribution in [0, 0.1) is 5.92 Å². The van der Waals surface area contributed by atoms with E-state index in [1.807, 2.05) is 6.92 Å². The molecule has 0 radical (unpaired) electrons. The molecule has 0 aromatic carbocycles. The summed E-state index contributed by atoms with van der Waals surface area (Å²) in [6.45, 7) is 3.89. The molecule has 3 atom stereocenters. The van der Waals surface area contributed by atoms with Gasteiger partial charge >= 0.3 is 5.97 Å². The summed E-state index contributed by atoms with van der Waals surface area (Å²) < 4.78 is 5.04. The van der Waals surface area contributed by atoms with Crippen molar-refractivity contribution in [1.29, 1.82) is 0 Å². The van der Waals surface area contributed by atoms with Crippen LogP contribution in [0.1, 0.15) is 39.5 Å². The van der Waals surface area contributed by atoms with Crippen molar-refractivity contribution in [2.24, 2.45) is 5.92 Å². The SMILES string of the molecule is CCOC(=O)C1CCCC(NCC(C)(O)CO)C1. The summed E-state index contributed by atoms with van der Waals surface area (Å²) in [5, 5.41) is 21.9. The Balaban J connectivity index is 2.37. The Morgan fingerprint density at radius 1 is 1.50 bits per heavy atom. The first-order valence-corrected chi connectivity index (χ1v) is 6.71. The van der Waals surface area contributed by atoms with Crippen molar-refractivity contribution in [1.82, 2.24) is 5.32 Å². The van der Waals surface area contributed by atoms with Crippen LogP contribution in [0.5, 0.6) is 0 Å². The van der Waals surface area contributed by atoms with Crippen LogP contribution in [0.15, 0.2) is 0 Å². The molecule has 0 heterocycles. The molecule has 0 aliphatic heterocycles. The number of hydrogen-bond donors (Lipinski definition) is 3. The summed E-state index contributed by atoms with van der Waals surface area (Å²) in [6.07, 6.45) is 3.62. The standard InChI is InChI=1S/C13H25NO4/c1-3-18-12(16)10-5-4-6-11(7-10)14-8-13(2,17)9-15/h10-11,14-15,17H,3-9H2,1-2H3. The van der Waals surface area contributed by atoms with E-state index >= 15 is 0 Å². The Bertz CT molecular complexity index is 268. The minimum atomic E-state index is -1.10. The molecule has 3 unspecified atom stereocenters. The van der Waals surface area contributed by atoms with Gasteiger partial charge in [-0.05, 0) is 33.1 Å². The minimum Gasteiger partial charge on any atom is -0.466 e. The lowest BCUT2D eigenvalue weighted by Crippen LogP contribution is -2.46. The Morgan fingerprint density at radius 3 is 2.83 bits per heavy atom. The molecule has 0 amide bonds. The van der Waals surface area contributed by atoms with Crippen molar-refractivity contribution in [3.8, 4) is 0 Å². The molecule has 18 heavy (non-hydrogen) atoms. The van der Waals surface area contributed by atoms with E-state index in [9.17, 15) is 9.90 Å². The number of nitrogens with one attached hydrogen (secondary N) is 1. The van der Waals surface area contributed by atoms with Gasteiger partial charge in [-0.2, -0.15) is 0 Å². The third-order valence-electron chi connectivity index (χ3n) is 3.41. The highest BCUT2D eigenvalue weighted by atomic mass is 16.5. The maximum Gasteiger partial charge on any atom is 0.308 e. The molecule has 1 fully saturated rings. The predicted octanol–water partition coefficient (Wildman–Crippen LogP) is 0.441. The van der Waals surface area contributed by atoms with Gasteiger partial charge in [0.1, 0.15) is 0 Å². The van der Waals surface area contributed by atoms with Crippen molar-refractivity contribution >= 4 is 5.97 Å². The minimum absolute atomic E-state index is 0.0322. The molecule has 1 aliphatic carbocycles. The zero-order chi connectivity index (χ0) is 13.6. The van der Waals surface area contributed by atoms with Crippen LogP contribution in [0.4, 0.5) is 0 Å². The third kappa shape index (κ3) is 4.92. The van der Waals surface area contributed by atoms with Gasteiger partial charge in [-0.15, -0.1) is 0 Å². The Hall–Kier alpha value is -0.650. The first-order chi connectivity index (χ1) is 8.48. The monoisotopic (exact) mass is 259 g/mol. The quantitative estimate of drug-likeness (QED) is 0.603. The Labute approximate surface area is 109 Å². The molecule has 0 bridgehead atoms. The number of carbonyl (C=O) groups is 1. The van der Waals surface area contributed by atoms with Gasteiger partial charge in [-0.3, -0.25) is 4.79 Å². The van der Waals surface area contributed by atoms with Crippen LogP contribution in [0.3, 0.4) is 0 Å².